The van der Waals surface area contributed by atoms with Crippen LogP contribution in [0.1, 0.15) is 10.4 Å². The Morgan fingerprint density at radius 2 is 2.00 bits per heavy atom. The molecular formula is C15H10Cl2FNO3. The molecule has 0 radical (unpaired) electrons. The Bertz CT molecular complexity index is 722. The van der Waals surface area contributed by atoms with E-state index in [9.17, 15) is 14.0 Å². The van der Waals surface area contributed by atoms with Gasteiger partial charge in [0.1, 0.15) is 11.6 Å². The summed E-state index contributed by atoms with van der Waals surface area (Å²) >= 11 is 11.4. The Morgan fingerprint density at radius 3 is 2.68 bits per heavy atom. The SMILES string of the molecule is O=Cc1cc(Cl)ccc1OCC(=O)Nc1ccc(F)c(Cl)c1. The number of rotatable bonds is 5. The van der Waals surface area contributed by atoms with Crippen molar-refractivity contribution in [3.05, 3.63) is 57.8 Å². The number of hydrogen-bond donors (Lipinski definition) is 1. The van der Waals surface area contributed by atoms with Crippen molar-refractivity contribution in [3.63, 3.8) is 0 Å². The molecule has 0 aliphatic carbocycles. The van der Waals surface area contributed by atoms with Gasteiger partial charge in [-0.2, -0.15) is 0 Å². The van der Waals surface area contributed by atoms with Gasteiger partial charge >= 0.3 is 0 Å². The van der Waals surface area contributed by atoms with Crippen LogP contribution in [0.3, 0.4) is 0 Å². The van der Waals surface area contributed by atoms with Crippen LogP contribution in [0.15, 0.2) is 36.4 Å². The summed E-state index contributed by atoms with van der Waals surface area (Å²) in [6.07, 6.45) is 0.582. The number of nitrogens with one attached hydrogen (secondary N) is 1. The first-order valence-corrected chi connectivity index (χ1v) is 6.87. The number of amides is 1. The summed E-state index contributed by atoms with van der Waals surface area (Å²) in [4.78, 5) is 22.7. The number of carbonyl (C=O) groups is 2. The van der Waals surface area contributed by atoms with Gasteiger partial charge in [-0.15, -0.1) is 0 Å². The van der Waals surface area contributed by atoms with Crippen LogP contribution < -0.4 is 10.1 Å². The summed E-state index contributed by atoms with van der Waals surface area (Å²) in [6.45, 7) is -0.322. The molecule has 0 unspecified atom stereocenters. The standard InChI is InChI=1S/C15H10Cl2FNO3/c16-10-1-4-14(9(5-10)7-20)22-8-15(21)19-11-2-3-13(18)12(17)6-11/h1-7H,8H2,(H,19,21). The van der Waals surface area contributed by atoms with Crippen molar-refractivity contribution in [1.82, 2.24) is 0 Å². The molecule has 1 N–H and O–H groups in total. The van der Waals surface area contributed by atoms with Crippen LogP contribution in [-0.2, 0) is 4.79 Å². The van der Waals surface area contributed by atoms with Crippen LogP contribution in [0.2, 0.25) is 10.0 Å². The van der Waals surface area contributed by atoms with Gasteiger partial charge < -0.3 is 10.1 Å². The maximum Gasteiger partial charge on any atom is 0.262 e. The molecule has 0 spiro atoms. The predicted octanol–water partition coefficient (Wildman–Crippen LogP) is 3.96. The molecule has 0 saturated carbocycles. The molecule has 0 aliphatic rings. The van der Waals surface area contributed by atoms with Crippen molar-refractivity contribution >= 4 is 41.1 Å². The summed E-state index contributed by atoms with van der Waals surface area (Å²) in [6, 6.07) is 8.27. The average molecular weight is 342 g/mol. The highest BCUT2D eigenvalue weighted by molar-refractivity contribution is 6.31. The van der Waals surface area contributed by atoms with Crippen molar-refractivity contribution in [2.24, 2.45) is 0 Å². The van der Waals surface area contributed by atoms with Crippen molar-refractivity contribution in [2.75, 3.05) is 11.9 Å². The van der Waals surface area contributed by atoms with E-state index in [2.05, 4.69) is 5.32 Å². The first-order chi connectivity index (χ1) is 10.5. The quantitative estimate of drug-likeness (QED) is 0.837. The molecule has 0 aliphatic heterocycles. The first kappa shape index (κ1) is 16.3. The Labute approximate surface area is 135 Å². The third kappa shape index (κ3) is 4.19. The van der Waals surface area contributed by atoms with E-state index in [1.165, 1.54) is 24.3 Å². The third-order valence-electron chi connectivity index (χ3n) is 2.66. The van der Waals surface area contributed by atoms with Gasteiger partial charge in [-0.25, -0.2) is 4.39 Å². The number of halogens is 3. The lowest BCUT2D eigenvalue weighted by Gasteiger charge is -2.09. The number of anilines is 1. The second kappa shape index (κ2) is 7.24. The van der Waals surface area contributed by atoms with E-state index in [0.717, 1.165) is 6.07 Å². The monoisotopic (exact) mass is 341 g/mol. The summed E-state index contributed by atoms with van der Waals surface area (Å²) in [5.41, 5.74) is 0.580. The summed E-state index contributed by atoms with van der Waals surface area (Å²) < 4.78 is 18.3. The van der Waals surface area contributed by atoms with Crippen LogP contribution in [0, 0.1) is 5.82 Å². The van der Waals surface area contributed by atoms with Gasteiger partial charge in [0, 0.05) is 10.7 Å². The first-order valence-electron chi connectivity index (χ1n) is 6.12. The fraction of sp³-hybridized carbons (Fsp3) is 0.0667. The average Bonchev–Trinajstić information content (AvgIpc) is 2.49. The van der Waals surface area contributed by atoms with E-state index in [1.807, 2.05) is 0 Å². The van der Waals surface area contributed by atoms with Crippen molar-refractivity contribution < 1.29 is 18.7 Å². The van der Waals surface area contributed by atoms with E-state index in [4.69, 9.17) is 27.9 Å². The predicted molar refractivity (Wildman–Crippen MR) is 82.4 cm³/mol. The molecule has 22 heavy (non-hydrogen) atoms. The fourth-order valence-corrected chi connectivity index (χ4v) is 2.02. The summed E-state index contributed by atoms with van der Waals surface area (Å²) in [7, 11) is 0. The van der Waals surface area contributed by atoms with Gasteiger partial charge in [0.25, 0.3) is 5.91 Å². The minimum absolute atomic E-state index is 0.0975. The highest BCUT2D eigenvalue weighted by atomic mass is 35.5. The zero-order chi connectivity index (χ0) is 16.1. The largest absolute Gasteiger partial charge is 0.483 e. The molecule has 7 heteroatoms. The topological polar surface area (TPSA) is 55.4 Å². The zero-order valence-electron chi connectivity index (χ0n) is 11.1. The van der Waals surface area contributed by atoms with Gasteiger partial charge in [-0.1, -0.05) is 23.2 Å². The van der Waals surface area contributed by atoms with Crippen LogP contribution >= 0.6 is 23.2 Å². The minimum atomic E-state index is -0.576. The maximum atomic E-state index is 13.0. The van der Waals surface area contributed by atoms with Gasteiger partial charge in [0.05, 0.1) is 10.6 Å². The number of benzene rings is 2. The van der Waals surface area contributed by atoms with Crippen molar-refractivity contribution in [2.45, 2.75) is 0 Å². The Kier molecular flexibility index (Phi) is 5.35. The van der Waals surface area contributed by atoms with Gasteiger partial charge in [0.15, 0.2) is 12.9 Å². The van der Waals surface area contributed by atoms with E-state index in [0.29, 0.717) is 17.0 Å². The molecule has 0 aromatic heterocycles. The number of hydrogen-bond acceptors (Lipinski definition) is 3. The lowest BCUT2D eigenvalue weighted by atomic mass is 10.2. The Hall–Kier alpha value is -2.11. The van der Waals surface area contributed by atoms with Gasteiger partial charge in [0.2, 0.25) is 0 Å². The minimum Gasteiger partial charge on any atom is -0.483 e. The van der Waals surface area contributed by atoms with E-state index in [1.54, 1.807) is 6.07 Å². The number of ether oxygens (including phenoxy) is 1. The molecule has 0 atom stereocenters. The number of carbonyl (C=O) groups excluding carboxylic acids is 2. The third-order valence-corrected chi connectivity index (χ3v) is 3.19. The normalized spacial score (nSPS) is 10.1. The smallest absolute Gasteiger partial charge is 0.262 e. The molecule has 0 bridgehead atoms. The van der Waals surface area contributed by atoms with E-state index in [-0.39, 0.29) is 22.9 Å². The molecule has 0 saturated heterocycles. The molecule has 2 aromatic rings. The molecule has 2 rings (SSSR count). The molecule has 0 heterocycles. The zero-order valence-corrected chi connectivity index (χ0v) is 12.6. The van der Waals surface area contributed by atoms with Crippen LogP contribution in [-0.4, -0.2) is 18.8 Å². The summed E-state index contributed by atoms with van der Waals surface area (Å²) in [5.74, 6) is -0.811. The number of aldehydes is 1. The second-order valence-corrected chi connectivity index (χ2v) is 5.11. The van der Waals surface area contributed by atoms with Crippen LogP contribution in [0.25, 0.3) is 0 Å². The highest BCUT2D eigenvalue weighted by Gasteiger charge is 2.09. The van der Waals surface area contributed by atoms with Gasteiger partial charge in [-0.05, 0) is 36.4 Å². The lowest BCUT2D eigenvalue weighted by Crippen LogP contribution is -2.20. The molecule has 4 nitrogen and oxygen atoms in total. The van der Waals surface area contributed by atoms with Gasteiger partial charge in [-0.3, -0.25) is 9.59 Å². The highest BCUT2D eigenvalue weighted by Crippen LogP contribution is 2.22. The van der Waals surface area contributed by atoms with E-state index >= 15 is 0 Å². The van der Waals surface area contributed by atoms with Crippen molar-refractivity contribution in [1.29, 1.82) is 0 Å². The Morgan fingerprint density at radius 1 is 1.23 bits per heavy atom. The second-order valence-electron chi connectivity index (χ2n) is 4.27. The molecule has 1 amide bonds. The molecular weight excluding hydrogens is 332 g/mol. The van der Waals surface area contributed by atoms with E-state index < -0.39 is 11.7 Å². The molecule has 114 valence electrons. The van der Waals surface area contributed by atoms with Crippen molar-refractivity contribution in [3.8, 4) is 5.75 Å². The lowest BCUT2D eigenvalue weighted by molar-refractivity contribution is -0.118. The molecule has 2 aromatic carbocycles. The van der Waals surface area contributed by atoms with Crippen LogP contribution in [0.5, 0.6) is 5.75 Å². The molecule has 0 fully saturated rings. The Balaban J connectivity index is 1.98. The maximum absolute atomic E-state index is 13.0. The van der Waals surface area contributed by atoms with Crippen LogP contribution in [0.4, 0.5) is 10.1 Å². The fourth-order valence-electron chi connectivity index (χ4n) is 1.66. The summed E-state index contributed by atoms with van der Waals surface area (Å²) in [5, 5.41) is 2.79.